The highest BCUT2D eigenvalue weighted by atomic mass is 32.2. The number of nitrogens with one attached hydrogen (secondary N) is 1. The summed E-state index contributed by atoms with van der Waals surface area (Å²) in [6.07, 6.45) is 0. The van der Waals surface area contributed by atoms with Gasteiger partial charge < -0.3 is 9.73 Å². The minimum absolute atomic E-state index is 0.0236. The molecule has 124 valence electrons. The van der Waals surface area contributed by atoms with E-state index in [9.17, 15) is 9.00 Å². The van der Waals surface area contributed by atoms with Crippen molar-refractivity contribution in [3.63, 3.8) is 0 Å². The average Bonchev–Trinajstić information content (AvgIpc) is 2.79. The Morgan fingerprint density at radius 1 is 1.30 bits per heavy atom. The minimum Gasteiger partial charge on any atom is -0.441 e. The predicted octanol–water partition coefficient (Wildman–Crippen LogP) is 2.73. The molecule has 0 radical (unpaired) electrons. The summed E-state index contributed by atoms with van der Waals surface area (Å²) in [6, 6.07) is 7.86. The van der Waals surface area contributed by atoms with Crippen molar-refractivity contribution in [3.05, 3.63) is 41.3 Å². The fraction of sp³-hybridized carbons (Fsp3) is 0.412. The molecule has 6 heteroatoms. The Morgan fingerprint density at radius 2 is 2.00 bits per heavy atom. The van der Waals surface area contributed by atoms with Crippen LogP contribution in [0.25, 0.3) is 11.5 Å². The van der Waals surface area contributed by atoms with Crippen LogP contribution in [-0.2, 0) is 21.3 Å². The number of hydrogen-bond acceptors (Lipinski definition) is 4. The molecule has 0 spiro atoms. The van der Waals surface area contributed by atoms with E-state index in [0.717, 1.165) is 11.1 Å². The SMILES string of the molecule is Cc1ccccc1-c1nc(C[S@](=O)CC(=O)NC(C)C)c(C)o1. The molecule has 5 nitrogen and oxygen atoms in total. The van der Waals surface area contributed by atoms with E-state index in [1.165, 1.54) is 0 Å². The van der Waals surface area contributed by atoms with Gasteiger partial charge in [0.2, 0.25) is 11.8 Å². The van der Waals surface area contributed by atoms with Crippen molar-refractivity contribution in [3.8, 4) is 11.5 Å². The highest BCUT2D eigenvalue weighted by Crippen LogP contribution is 2.25. The summed E-state index contributed by atoms with van der Waals surface area (Å²) in [5.41, 5.74) is 2.63. The molecule has 2 rings (SSSR count). The maximum atomic E-state index is 12.1. The van der Waals surface area contributed by atoms with E-state index in [2.05, 4.69) is 10.3 Å². The Bertz CT molecular complexity index is 722. The van der Waals surface area contributed by atoms with Crippen LogP contribution in [0.2, 0.25) is 0 Å². The first-order chi connectivity index (χ1) is 10.9. The van der Waals surface area contributed by atoms with Gasteiger partial charge in [-0.2, -0.15) is 0 Å². The first-order valence-electron chi connectivity index (χ1n) is 7.53. The number of amides is 1. The molecule has 1 N–H and O–H groups in total. The normalized spacial score (nSPS) is 12.4. The summed E-state index contributed by atoms with van der Waals surface area (Å²) in [5, 5.41) is 2.74. The van der Waals surface area contributed by atoms with Gasteiger partial charge in [0.15, 0.2) is 0 Å². The number of benzene rings is 1. The molecule has 0 unspecified atom stereocenters. The molecular formula is C17H22N2O3S. The highest BCUT2D eigenvalue weighted by Gasteiger charge is 2.17. The van der Waals surface area contributed by atoms with Crippen LogP contribution in [0.4, 0.5) is 0 Å². The second-order valence-corrected chi connectivity index (χ2v) is 7.24. The van der Waals surface area contributed by atoms with Gasteiger partial charge in [0.25, 0.3) is 0 Å². The zero-order chi connectivity index (χ0) is 17.0. The van der Waals surface area contributed by atoms with Crippen molar-refractivity contribution in [2.75, 3.05) is 5.75 Å². The summed E-state index contributed by atoms with van der Waals surface area (Å²) >= 11 is 0. The topological polar surface area (TPSA) is 72.2 Å². The second-order valence-electron chi connectivity index (χ2n) is 5.79. The number of rotatable bonds is 6. The molecule has 0 fully saturated rings. The number of aryl methyl sites for hydroxylation is 2. The summed E-state index contributed by atoms with van der Waals surface area (Å²) in [6.45, 7) is 7.53. The number of nitrogens with zero attached hydrogens (tertiary/aromatic N) is 1. The third kappa shape index (κ3) is 4.76. The van der Waals surface area contributed by atoms with Crippen LogP contribution < -0.4 is 5.32 Å². The van der Waals surface area contributed by atoms with Crippen LogP contribution in [-0.4, -0.2) is 26.9 Å². The molecule has 0 saturated heterocycles. The Balaban J connectivity index is 2.09. The lowest BCUT2D eigenvalue weighted by atomic mass is 10.1. The number of aromatic nitrogens is 1. The van der Waals surface area contributed by atoms with Crippen LogP contribution in [0.3, 0.4) is 0 Å². The molecule has 0 aliphatic heterocycles. The maximum Gasteiger partial charge on any atom is 0.232 e. The first-order valence-corrected chi connectivity index (χ1v) is 9.02. The van der Waals surface area contributed by atoms with Gasteiger partial charge >= 0.3 is 0 Å². The van der Waals surface area contributed by atoms with Crippen LogP contribution in [0, 0.1) is 13.8 Å². The van der Waals surface area contributed by atoms with Gasteiger partial charge in [-0.3, -0.25) is 9.00 Å². The molecule has 1 heterocycles. The van der Waals surface area contributed by atoms with Crippen molar-refractivity contribution < 1.29 is 13.4 Å². The fourth-order valence-corrected chi connectivity index (χ4v) is 3.25. The van der Waals surface area contributed by atoms with Gasteiger partial charge in [-0.1, -0.05) is 18.2 Å². The summed E-state index contributed by atoms with van der Waals surface area (Å²) < 4.78 is 17.8. The number of oxazole rings is 1. The predicted molar refractivity (Wildman–Crippen MR) is 91.4 cm³/mol. The molecule has 23 heavy (non-hydrogen) atoms. The van der Waals surface area contributed by atoms with Crippen molar-refractivity contribution in [2.45, 2.75) is 39.5 Å². The molecular weight excluding hydrogens is 312 g/mol. The van der Waals surface area contributed by atoms with E-state index in [-0.39, 0.29) is 23.5 Å². The van der Waals surface area contributed by atoms with Gasteiger partial charge in [-0.05, 0) is 39.3 Å². The monoisotopic (exact) mass is 334 g/mol. The molecule has 0 bridgehead atoms. The van der Waals surface area contributed by atoms with Crippen LogP contribution >= 0.6 is 0 Å². The Labute approximate surface area is 139 Å². The third-order valence-corrected chi connectivity index (χ3v) is 4.49. The molecule has 1 atom stereocenters. The van der Waals surface area contributed by atoms with E-state index in [4.69, 9.17) is 4.42 Å². The van der Waals surface area contributed by atoms with Gasteiger partial charge in [-0.15, -0.1) is 0 Å². The number of carbonyl (C=O) groups is 1. The van der Waals surface area contributed by atoms with Crippen LogP contribution in [0.1, 0.15) is 30.9 Å². The second kappa shape index (κ2) is 7.55. The molecule has 0 aliphatic rings. The van der Waals surface area contributed by atoms with Crippen molar-refractivity contribution >= 4 is 16.7 Å². The van der Waals surface area contributed by atoms with E-state index in [1.807, 2.05) is 45.0 Å². The van der Waals surface area contributed by atoms with Crippen molar-refractivity contribution in [1.29, 1.82) is 0 Å². The Morgan fingerprint density at radius 3 is 2.65 bits per heavy atom. The van der Waals surface area contributed by atoms with Crippen LogP contribution in [0.15, 0.2) is 28.7 Å². The average molecular weight is 334 g/mol. The van der Waals surface area contributed by atoms with Crippen molar-refractivity contribution in [2.24, 2.45) is 0 Å². The molecule has 1 amide bonds. The lowest BCUT2D eigenvalue weighted by Gasteiger charge is -2.07. The van der Waals surface area contributed by atoms with Gasteiger partial charge in [0, 0.05) is 22.4 Å². The Kier molecular flexibility index (Phi) is 5.71. The zero-order valence-corrected chi connectivity index (χ0v) is 14.7. The zero-order valence-electron chi connectivity index (χ0n) is 13.9. The summed E-state index contributed by atoms with van der Waals surface area (Å²) in [7, 11) is -1.31. The smallest absolute Gasteiger partial charge is 0.232 e. The van der Waals surface area contributed by atoms with E-state index in [0.29, 0.717) is 17.3 Å². The molecule has 0 saturated carbocycles. The molecule has 2 aromatic rings. The summed E-state index contributed by atoms with van der Waals surface area (Å²) in [5.74, 6) is 1.15. The molecule has 1 aromatic heterocycles. The first kappa shape index (κ1) is 17.4. The molecule has 1 aromatic carbocycles. The largest absolute Gasteiger partial charge is 0.441 e. The van der Waals surface area contributed by atoms with Gasteiger partial charge in [-0.25, -0.2) is 4.98 Å². The van der Waals surface area contributed by atoms with E-state index >= 15 is 0 Å². The van der Waals surface area contributed by atoms with Crippen molar-refractivity contribution in [1.82, 2.24) is 10.3 Å². The quantitative estimate of drug-likeness (QED) is 0.881. The highest BCUT2D eigenvalue weighted by molar-refractivity contribution is 7.84. The molecule has 0 aliphatic carbocycles. The fourth-order valence-electron chi connectivity index (χ4n) is 2.20. The number of carbonyl (C=O) groups excluding carboxylic acids is 1. The maximum absolute atomic E-state index is 12.1. The standard InChI is InChI=1S/C17H22N2O3S/c1-11(2)18-16(20)10-23(21)9-15-13(4)22-17(19-15)14-8-6-5-7-12(14)3/h5-8,11H,9-10H2,1-4H3,(H,18,20)/t23-/m0/s1. The van der Waals surface area contributed by atoms with Gasteiger partial charge in [0.1, 0.15) is 11.5 Å². The number of hydrogen-bond donors (Lipinski definition) is 1. The Hall–Kier alpha value is -1.95. The minimum atomic E-state index is -1.31. The van der Waals surface area contributed by atoms with E-state index < -0.39 is 10.8 Å². The lowest BCUT2D eigenvalue weighted by Crippen LogP contribution is -2.34. The van der Waals surface area contributed by atoms with E-state index in [1.54, 1.807) is 6.92 Å². The van der Waals surface area contributed by atoms with Gasteiger partial charge in [0.05, 0.1) is 11.4 Å². The summed E-state index contributed by atoms with van der Waals surface area (Å²) in [4.78, 5) is 16.1. The third-order valence-electron chi connectivity index (χ3n) is 3.31. The van der Waals surface area contributed by atoms with Crippen LogP contribution in [0.5, 0.6) is 0 Å². The lowest BCUT2D eigenvalue weighted by molar-refractivity contribution is -0.119.